The predicted molar refractivity (Wildman–Crippen MR) is 141 cm³/mol. The van der Waals surface area contributed by atoms with Gasteiger partial charge in [-0.05, 0) is 12.8 Å². The van der Waals surface area contributed by atoms with Gasteiger partial charge in [-0.15, -0.1) is 0 Å². The van der Waals surface area contributed by atoms with Gasteiger partial charge in [-0.25, -0.2) is 0 Å². The van der Waals surface area contributed by atoms with E-state index in [-0.39, 0.29) is 72.0 Å². The number of unbranched alkanes of at least 4 members (excludes halogenated alkanes) is 17. The first-order valence-corrected chi connectivity index (χ1v) is 15.5. The Balaban J connectivity index is -0.00000480. The zero-order chi connectivity index (χ0) is 24.3. The molecule has 0 fully saturated rings. The molecule has 0 atom stereocenters. The van der Waals surface area contributed by atoms with Crippen molar-refractivity contribution >= 4 is 85.4 Å². The van der Waals surface area contributed by atoms with Crippen molar-refractivity contribution in [3.63, 3.8) is 0 Å². The Morgan fingerprint density at radius 2 is 0.529 bits per heavy atom. The molecule has 0 aromatic carbocycles. The van der Waals surface area contributed by atoms with E-state index in [0.717, 1.165) is 38.5 Å². The van der Waals surface area contributed by atoms with Gasteiger partial charge in [0.15, 0.2) is 0 Å². The minimum atomic E-state index is -4.53. The Kier molecular flexibility index (Phi) is 29.5. The maximum atomic E-state index is 11.1. The Morgan fingerprint density at radius 3 is 0.676 bits per heavy atom. The molecule has 34 heavy (non-hydrogen) atoms. The number of carbonyl (C=O) groups is 2. The normalized spacial score (nSPS) is 11.5. The topological polar surface area (TPSA) is 149 Å². The number of carbonyl (C=O) groups excluding carboxylic acids is 2. The zero-order valence-electron chi connectivity index (χ0n) is 19.5. The monoisotopic (exact) mass is 546 g/mol. The summed E-state index contributed by atoms with van der Waals surface area (Å²) in [6.45, 7) is 0. The van der Waals surface area contributed by atoms with Crippen LogP contribution in [-0.4, -0.2) is 89.7 Å². The van der Waals surface area contributed by atoms with Gasteiger partial charge >= 0.3 is 74.3 Å². The molecule has 0 spiro atoms. The van der Waals surface area contributed by atoms with E-state index in [1.54, 1.807) is 0 Å². The molecular formula is C22H46Na2O8P2. The molecule has 8 nitrogen and oxygen atoms in total. The molecule has 0 aliphatic rings. The molecule has 0 saturated carbocycles. The van der Waals surface area contributed by atoms with E-state index in [1.165, 1.54) is 64.2 Å². The van der Waals surface area contributed by atoms with Crippen molar-refractivity contribution in [2.75, 3.05) is 0 Å². The van der Waals surface area contributed by atoms with Gasteiger partial charge < -0.3 is 19.6 Å². The zero-order valence-corrected chi connectivity index (χ0v) is 21.2. The summed E-state index contributed by atoms with van der Waals surface area (Å²) in [6, 6.07) is 0. The third kappa shape index (κ3) is 26.7. The van der Waals surface area contributed by atoms with Crippen LogP contribution in [-0.2, 0) is 18.7 Å². The van der Waals surface area contributed by atoms with Crippen LogP contribution in [0, 0.1) is 0 Å². The Morgan fingerprint density at radius 1 is 0.382 bits per heavy atom. The van der Waals surface area contributed by atoms with Crippen LogP contribution in [0.5, 0.6) is 0 Å². The van der Waals surface area contributed by atoms with E-state index < -0.39 is 26.2 Å². The van der Waals surface area contributed by atoms with Crippen molar-refractivity contribution in [3.8, 4) is 0 Å². The van der Waals surface area contributed by atoms with E-state index in [0.29, 0.717) is 12.8 Å². The van der Waals surface area contributed by atoms with Gasteiger partial charge in [0.1, 0.15) is 0 Å². The second kappa shape index (κ2) is 24.9. The third-order valence-electron chi connectivity index (χ3n) is 5.68. The van der Waals surface area contributed by atoms with Crippen molar-refractivity contribution in [3.05, 3.63) is 0 Å². The first-order chi connectivity index (χ1) is 15.0. The van der Waals surface area contributed by atoms with Crippen LogP contribution in [0.2, 0.25) is 0 Å². The number of rotatable bonds is 23. The second-order valence-corrected chi connectivity index (χ2v) is 11.9. The molecular weight excluding hydrogens is 500 g/mol. The van der Waals surface area contributed by atoms with Crippen LogP contribution in [0.25, 0.3) is 0 Å². The van der Waals surface area contributed by atoms with Gasteiger partial charge in [-0.1, -0.05) is 103 Å². The number of hydrogen-bond donors (Lipinski definition) is 4. The van der Waals surface area contributed by atoms with E-state index in [1.807, 2.05) is 0 Å². The van der Waals surface area contributed by atoms with Crippen LogP contribution < -0.4 is 0 Å². The van der Waals surface area contributed by atoms with Crippen LogP contribution in [0.3, 0.4) is 0 Å². The van der Waals surface area contributed by atoms with Crippen LogP contribution in [0.15, 0.2) is 0 Å². The summed E-state index contributed by atoms with van der Waals surface area (Å²) >= 11 is 0. The van der Waals surface area contributed by atoms with Gasteiger partial charge in [0.25, 0.3) is 0 Å². The van der Waals surface area contributed by atoms with Crippen molar-refractivity contribution in [2.45, 2.75) is 128 Å². The molecule has 0 aromatic rings. The molecule has 194 valence electrons. The first kappa shape index (κ1) is 40.1. The van der Waals surface area contributed by atoms with Crippen molar-refractivity contribution in [1.82, 2.24) is 0 Å². The van der Waals surface area contributed by atoms with Crippen molar-refractivity contribution < 1.29 is 38.3 Å². The average molecular weight is 547 g/mol. The molecule has 4 N–H and O–H groups in total. The molecule has 0 unspecified atom stereocenters. The second-order valence-electron chi connectivity index (χ2n) is 8.74. The van der Waals surface area contributed by atoms with Gasteiger partial charge in [-0.3, -0.25) is 18.7 Å². The molecule has 0 heterocycles. The summed E-state index contributed by atoms with van der Waals surface area (Å²) in [5.41, 5.74) is -1.88. The van der Waals surface area contributed by atoms with Crippen molar-refractivity contribution in [1.29, 1.82) is 0 Å². The molecule has 0 saturated heterocycles. The minimum absolute atomic E-state index is 0. The fourth-order valence-corrected chi connectivity index (χ4v) is 4.57. The fourth-order valence-electron chi connectivity index (χ4n) is 3.67. The molecule has 0 aliphatic carbocycles. The Hall–Kier alpha value is 1.64. The molecule has 0 radical (unpaired) electrons. The first-order valence-electron chi connectivity index (χ1n) is 12.2. The summed E-state index contributed by atoms with van der Waals surface area (Å²) in [5, 5.41) is 0. The van der Waals surface area contributed by atoms with Crippen LogP contribution in [0.4, 0.5) is 0 Å². The average Bonchev–Trinajstić information content (AvgIpc) is 2.70. The quantitative estimate of drug-likeness (QED) is 0.0803. The fraction of sp³-hybridized carbons (Fsp3) is 0.909. The molecule has 0 amide bonds. The van der Waals surface area contributed by atoms with Crippen molar-refractivity contribution in [2.24, 2.45) is 0 Å². The standard InChI is InChI=1S/C22H44O8P2.2Na.2H/c23-21(31(25,26)27)19-17-15-13-11-9-7-5-3-1-2-4-6-8-10-12-14-16-18-20-22(24)32(28,29)30;;;;/h1-20H2,(H2,25,26,27)(H2,28,29,30);;;;. The SMILES string of the molecule is O=C(CCCCCCCCCCCCCCCCCCCCC(=O)P(=O)(O)O)P(=O)(O)O.[NaH].[NaH]. The van der Waals surface area contributed by atoms with Crippen LogP contribution >= 0.6 is 15.2 Å². The summed E-state index contributed by atoms with van der Waals surface area (Å²) in [5.74, 6) is 0. The van der Waals surface area contributed by atoms with Gasteiger partial charge in [0.2, 0.25) is 11.0 Å². The van der Waals surface area contributed by atoms with E-state index in [4.69, 9.17) is 19.6 Å². The number of hydrogen-bond acceptors (Lipinski definition) is 4. The van der Waals surface area contributed by atoms with Gasteiger partial charge in [0, 0.05) is 12.8 Å². The summed E-state index contributed by atoms with van der Waals surface area (Å²) in [7, 11) is -9.05. The maximum absolute atomic E-state index is 11.1. The van der Waals surface area contributed by atoms with E-state index >= 15 is 0 Å². The summed E-state index contributed by atoms with van der Waals surface area (Å²) < 4.78 is 21.4. The summed E-state index contributed by atoms with van der Waals surface area (Å²) in [4.78, 5) is 57.0. The molecule has 0 aliphatic heterocycles. The van der Waals surface area contributed by atoms with Gasteiger partial charge in [-0.2, -0.15) is 0 Å². The predicted octanol–water partition coefficient (Wildman–Crippen LogP) is 4.90. The third-order valence-corrected chi connectivity index (χ3v) is 7.43. The van der Waals surface area contributed by atoms with Crippen LogP contribution in [0.1, 0.15) is 128 Å². The molecule has 12 heteroatoms. The van der Waals surface area contributed by atoms with E-state index in [9.17, 15) is 18.7 Å². The molecule has 0 rings (SSSR count). The summed E-state index contributed by atoms with van der Waals surface area (Å²) in [6.07, 6.45) is 19.4. The Labute approximate surface area is 250 Å². The van der Waals surface area contributed by atoms with Gasteiger partial charge in [0.05, 0.1) is 0 Å². The Bertz CT molecular complexity index is 556. The van der Waals surface area contributed by atoms with E-state index in [2.05, 4.69) is 0 Å². The molecule has 0 aromatic heterocycles. The molecule has 0 bridgehead atoms.